The quantitative estimate of drug-likeness (QED) is 0.570. The number of methoxy groups -OCH3 is 1. The Bertz CT molecular complexity index is 821. The van der Waals surface area contributed by atoms with E-state index in [1.54, 1.807) is 38.3 Å². The second kappa shape index (κ2) is 10.7. The first-order chi connectivity index (χ1) is 14.1. The summed E-state index contributed by atoms with van der Waals surface area (Å²) in [6.07, 6.45) is 2.88. The van der Waals surface area contributed by atoms with E-state index in [0.717, 1.165) is 29.0 Å². The van der Waals surface area contributed by atoms with Crippen molar-refractivity contribution in [3.05, 3.63) is 29.8 Å². The minimum absolute atomic E-state index is 0.0109. The van der Waals surface area contributed by atoms with Gasteiger partial charge in [0.2, 0.25) is 21.8 Å². The number of ether oxygens (including phenoxy) is 2. The van der Waals surface area contributed by atoms with Crippen LogP contribution in [0, 0.1) is 0 Å². The molecule has 2 rings (SSSR count). The molecular formula is C20H31N3O6S. The van der Waals surface area contributed by atoms with Gasteiger partial charge in [0.1, 0.15) is 11.8 Å². The summed E-state index contributed by atoms with van der Waals surface area (Å²) in [6.45, 7) is 2.52. The number of amides is 2. The van der Waals surface area contributed by atoms with Crippen molar-refractivity contribution in [2.45, 2.75) is 38.5 Å². The van der Waals surface area contributed by atoms with E-state index in [9.17, 15) is 18.0 Å². The van der Waals surface area contributed by atoms with Gasteiger partial charge in [-0.05, 0) is 37.5 Å². The number of sulfonamides is 1. The number of hydrogen-bond donors (Lipinski definition) is 1. The molecule has 0 aromatic heterocycles. The molecule has 1 heterocycles. The lowest BCUT2D eigenvalue weighted by Gasteiger charge is -2.30. The average molecular weight is 442 g/mol. The summed E-state index contributed by atoms with van der Waals surface area (Å²) >= 11 is 0. The van der Waals surface area contributed by atoms with Gasteiger partial charge in [-0.15, -0.1) is 0 Å². The third-order valence-electron chi connectivity index (χ3n) is 5.13. The molecule has 0 spiro atoms. The summed E-state index contributed by atoms with van der Waals surface area (Å²) in [4.78, 5) is 27.0. The highest BCUT2D eigenvalue weighted by molar-refractivity contribution is 7.88. The van der Waals surface area contributed by atoms with Gasteiger partial charge in [-0.3, -0.25) is 9.59 Å². The topological polar surface area (TPSA) is 105 Å². The minimum Gasteiger partial charge on any atom is -0.497 e. The standard InChI is InChI=1S/C20H31N3O6S/c1-15(20(25)21-12-18-6-5-11-29-18)23(19(24)14-22(2)30(4,26)27)13-16-7-9-17(28-3)10-8-16/h7-10,15,18H,5-6,11-14H2,1-4H3,(H,21,25)/t15-,18-/m1/s1. The summed E-state index contributed by atoms with van der Waals surface area (Å²) < 4.78 is 35.1. The Labute approximate surface area is 178 Å². The van der Waals surface area contributed by atoms with E-state index in [1.807, 2.05) is 0 Å². The molecule has 1 N–H and O–H groups in total. The van der Waals surface area contributed by atoms with Gasteiger partial charge in [-0.2, -0.15) is 4.31 Å². The highest BCUT2D eigenvalue weighted by Crippen LogP contribution is 2.16. The number of rotatable bonds is 10. The largest absolute Gasteiger partial charge is 0.497 e. The maximum Gasteiger partial charge on any atom is 0.242 e. The number of nitrogens with zero attached hydrogens (tertiary/aromatic N) is 2. The molecule has 1 aromatic rings. The van der Waals surface area contributed by atoms with Crippen LogP contribution >= 0.6 is 0 Å². The van der Waals surface area contributed by atoms with Crippen molar-refractivity contribution in [1.29, 1.82) is 0 Å². The third-order valence-corrected chi connectivity index (χ3v) is 6.39. The first-order valence-electron chi connectivity index (χ1n) is 9.85. The predicted molar refractivity (Wildman–Crippen MR) is 112 cm³/mol. The van der Waals surface area contributed by atoms with Gasteiger partial charge in [0.15, 0.2) is 0 Å². The summed E-state index contributed by atoms with van der Waals surface area (Å²) in [5, 5.41) is 2.84. The van der Waals surface area contributed by atoms with Gasteiger partial charge < -0.3 is 19.7 Å². The maximum atomic E-state index is 12.9. The highest BCUT2D eigenvalue weighted by Gasteiger charge is 2.29. The molecule has 9 nitrogen and oxygen atoms in total. The predicted octanol–water partition coefficient (Wildman–Crippen LogP) is 0.599. The van der Waals surface area contributed by atoms with E-state index >= 15 is 0 Å². The Hall–Kier alpha value is -2.17. The summed E-state index contributed by atoms with van der Waals surface area (Å²) in [6, 6.07) is 6.35. The molecule has 0 bridgehead atoms. The zero-order chi connectivity index (χ0) is 22.3. The van der Waals surface area contributed by atoms with Gasteiger partial charge >= 0.3 is 0 Å². The molecular weight excluding hydrogens is 410 g/mol. The summed E-state index contributed by atoms with van der Waals surface area (Å²) in [5.74, 6) is -0.0938. The Morgan fingerprint density at radius 1 is 1.30 bits per heavy atom. The van der Waals surface area contributed by atoms with Crippen LogP contribution in [-0.4, -0.2) is 81.7 Å². The van der Waals surface area contributed by atoms with E-state index in [4.69, 9.17) is 9.47 Å². The van der Waals surface area contributed by atoms with Crippen LogP contribution in [-0.2, 0) is 30.9 Å². The Morgan fingerprint density at radius 3 is 2.50 bits per heavy atom. The molecule has 168 valence electrons. The number of benzene rings is 1. The van der Waals surface area contributed by atoms with Crippen molar-refractivity contribution in [3.63, 3.8) is 0 Å². The molecule has 0 saturated carbocycles. The van der Waals surface area contributed by atoms with Crippen molar-refractivity contribution in [2.75, 3.05) is 40.1 Å². The number of nitrogens with one attached hydrogen (secondary N) is 1. The molecule has 2 atom stereocenters. The average Bonchev–Trinajstić information content (AvgIpc) is 3.23. The zero-order valence-corrected chi connectivity index (χ0v) is 18.8. The first kappa shape index (κ1) is 24.1. The van der Waals surface area contributed by atoms with Crippen LogP contribution in [0.15, 0.2) is 24.3 Å². The van der Waals surface area contributed by atoms with E-state index in [-0.39, 0.29) is 25.1 Å². The van der Waals surface area contributed by atoms with Gasteiger partial charge in [0.05, 0.1) is 26.0 Å². The highest BCUT2D eigenvalue weighted by atomic mass is 32.2. The van der Waals surface area contributed by atoms with E-state index in [0.29, 0.717) is 18.9 Å². The summed E-state index contributed by atoms with van der Waals surface area (Å²) in [7, 11) is -0.632. The number of carbonyl (C=O) groups is 2. The second-order valence-electron chi connectivity index (χ2n) is 7.44. The monoisotopic (exact) mass is 441 g/mol. The molecule has 2 amide bonds. The van der Waals surface area contributed by atoms with Crippen LogP contribution < -0.4 is 10.1 Å². The van der Waals surface area contributed by atoms with Crippen LogP contribution in [0.1, 0.15) is 25.3 Å². The van der Waals surface area contributed by atoms with E-state index < -0.39 is 22.0 Å². The SMILES string of the molecule is COc1ccc(CN(C(=O)CN(C)S(C)(=O)=O)[C@H](C)C(=O)NC[C@H]2CCCO2)cc1. The molecule has 1 aliphatic rings. The minimum atomic E-state index is -3.53. The van der Waals surface area contributed by atoms with Crippen LogP contribution in [0.2, 0.25) is 0 Å². The molecule has 1 aliphatic heterocycles. The lowest BCUT2D eigenvalue weighted by atomic mass is 10.1. The molecule has 0 radical (unpaired) electrons. The van der Waals surface area contributed by atoms with Crippen molar-refractivity contribution in [3.8, 4) is 5.75 Å². The molecule has 1 aromatic carbocycles. The fourth-order valence-corrected chi connectivity index (χ4v) is 3.42. The fourth-order valence-electron chi connectivity index (χ4n) is 3.08. The Balaban J connectivity index is 2.12. The molecule has 30 heavy (non-hydrogen) atoms. The Morgan fingerprint density at radius 2 is 1.97 bits per heavy atom. The third kappa shape index (κ3) is 6.96. The first-order valence-corrected chi connectivity index (χ1v) is 11.7. The van der Waals surface area contributed by atoms with Crippen LogP contribution in [0.4, 0.5) is 0 Å². The number of carbonyl (C=O) groups excluding carboxylic acids is 2. The van der Waals surface area contributed by atoms with E-state index in [2.05, 4.69) is 5.32 Å². The van der Waals surface area contributed by atoms with Crippen LogP contribution in [0.5, 0.6) is 5.75 Å². The fraction of sp³-hybridized carbons (Fsp3) is 0.600. The van der Waals surface area contributed by atoms with Gasteiger partial charge in [0, 0.05) is 26.7 Å². The normalized spacial score (nSPS) is 17.6. The molecule has 0 unspecified atom stereocenters. The van der Waals surface area contributed by atoms with Crippen molar-refractivity contribution < 1.29 is 27.5 Å². The zero-order valence-electron chi connectivity index (χ0n) is 18.0. The van der Waals surface area contributed by atoms with Gasteiger partial charge in [-0.25, -0.2) is 8.42 Å². The van der Waals surface area contributed by atoms with Crippen LogP contribution in [0.3, 0.4) is 0 Å². The van der Waals surface area contributed by atoms with Crippen molar-refractivity contribution in [2.24, 2.45) is 0 Å². The number of hydrogen-bond acceptors (Lipinski definition) is 6. The van der Waals surface area contributed by atoms with Crippen molar-refractivity contribution >= 4 is 21.8 Å². The Kier molecular flexibility index (Phi) is 8.63. The summed E-state index contributed by atoms with van der Waals surface area (Å²) in [5.41, 5.74) is 0.796. The van der Waals surface area contributed by atoms with Gasteiger partial charge in [0.25, 0.3) is 0 Å². The molecule has 10 heteroatoms. The van der Waals surface area contributed by atoms with Gasteiger partial charge in [-0.1, -0.05) is 12.1 Å². The lowest BCUT2D eigenvalue weighted by Crippen LogP contribution is -2.51. The number of likely N-dealkylation sites (N-methyl/N-ethyl adjacent to an activating group) is 1. The second-order valence-corrected chi connectivity index (χ2v) is 9.53. The van der Waals surface area contributed by atoms with E-state index in [1.165, 1.54) is 11.9 Å². The smallest absolute Gasteiger partial charge is 0.242 e. The molecule has 1 saturated heterocycles. The van der Waals surface area contributed by atoms with Crippen LogP contribution in [0.25, 0.3) is 0 Å². The maximum absolute atomic E-state index is 12.9. The molecule has 1 fully saturated rings. The molecule has 0 aliphatic carbocycles. The lowest BCUT2D eigenvalue weighted by molar-refractivity contribution is -0.140. The van der Waals surface area contributed by atoms with Crippen molar-refractivity contribution in [1.82, 2.24) is 14.5 Å².